The van der Waals surface area contributed by atoms with Crippen LogP contribution in [0.5, 0.6) is 0 Å². The van der Waals surface area contributed by atoms with Gasteiger partial charge in [0.15, 0.2) is 0 Å². The zero-order valence-corrected chi connectivity index (χ0v) is 7.58. The number of aromatic carboxylic acids is 1. The zero-order valence-electron chi connectivity index (χ0n) is 7.58. The molecule has 0 unspecified atom stereocenters. The number of carbonyl (C=O) groups is 1. The minimum atomic E-state index is -0.850. The summed E-state index contributed by atoms with van der Waals surface area (Å²) in [7, 11) is 0. The molecule has 0 aromatic carbocycles. The van der Waals surface area contributed by atoms with Crippen molar-refractivity contribution in [3.63, 3.8) is 0 Å². The molecule has 0 saturated heterocycles. The number of fused-ring (bicyclic) bond motifs is 1. The molecular weight excluding hydrogens is 168 g/mol. The van der Waals surface area contributed by atoms with Gasteiger partial charge in [-0.1, -0.05) is 0 Å². The summed E-state index contributed by atoms with van der Waals surface area (Å²) in [4.78, 5) is 10.9. The van der Waals surface area contributed by atoms with E-state index in [9.17, 15) is 4.79 Å². The fourth-order valence-corrected chi connectivity index (χ4v) is 1.91. The fraction of sp³-hybridized carbons (Fsp3) is 0.556. The van der Waals surface area contributed by atoms with Crippen molar-refractivity contribution in [1.29, 1.82) is 0 Å². The first-order valence-electron chi connectivity index (χ1n) is 4.56. The molecule has 0 spiro atoms. The Bertz CT molecular complexity index is 355. The van der Waals surface area contributed by atoms with E-state index >= 15 is 0 Å². The number of carboxylic acids is 1. The molecule has 13 heavy (non-hydrogen) atoms. The molecule has 1 heterocycles. The molecule has 0 atom stereocenters. The van der Waals surface area contributed by atoms with Gasteiger partial charge in [0.05, 0.1) is 5.69 Å². The zero-order chi connectivity index (χ0) is 9.42. The van der Waals surface area contributed by atoms with Crippen LogP contribution in [0.3, 0.4) is 0 Å². The van der Waals surface area contributed by atoms with Crippen LogP contribution in [0.1, 0.15) is 35.1 Å². The lowest BCUT2D eigenvalue weighted by atomic mass is 10.2. The molecule has 0 radical (unpaired) electrons. The largest absolute Gasteiger partial charge is 0.477 e. The topological polar surface area (TPSA) is 55.1 Å². The highest BCUT2D eigenvalue weighted by atomic mass is 16.4. The first-order valence-corrected chi connectivity index (χ1v) is 4.56. The van der Waals surface area contributed by atoms with Gasteiger partial charge in [0, 0.05) is 12.1 Å². The molecule has 0 saturated carbocycles. The molecule has 2 rings (SSSR count). The third-order valence-electron chi connectivity index (χ3n) is 2.48. The van der Waals surface area contributed by atoms with Gasteiger partial charge in [-0.2, -0.15) is 5.10 Å². The molecule has 0 aliphatic heterocycles. The van der Waals surface area contributed by atoms with E-state index in [-0.39, 0.29) is 0 Å². The van der Waals surface area contributed by atoms with E-state index in [1.54, 1.807) is 4.68 Å². The van der Waals surface area contributed by atoms with Crippen LogP contribution in [-0.2, 0) is 19.4 Å². The normalized spacial score (nSPS) is 14.5. The van der Waals surface area contributed by atoms with Gasteiger partial charge in [0.1, 0.15) is 5.69 Å². The number of hydrogen-bond acceptors (Lipinski definition) is 2. The average molecular weight is 180 g/mol. The van der Waals surface area contributed by atoms with Gasteiger partial charge in [0.2, 0.25) is 0 Å². The summed E-state index contributed by atoms with van der Waals surface area (Å²) in [6.07, 6.45) is 2.85. The maximum atomic E-state index is 10.9. The van der Waals surface area contributed by atoms with Gasteiger partial charge in [-0.15, -0.1) is 0 Å². The van der Waals surface area contributed by atoms with Crippen LogP contribution < -0.4 is 0 Å². The van der Waals surface area contributed by atoms with E-state index in [4.69, 9.17) is 5.11 Å². The molecule has 1 aliphatic rings. The summed E-state index contributed by atoms with van der Waals surface area (Å²) >= 11 is 0. The van der Waals surface area contributed by atoms with Crippen molar-refractivity contribution in [2.24, 2.45) is 0 Å². The second kappa shape index (κ2) is 2.87. The number of aromatic nitrogens is 2. The van der Waals surface area contributed by atoms with Crippen LogP contribution in [0.2, 0.25) is 0 Å². The Morgan fingerprint density at radius 2 is 2.38 bits per heavy atom. The van der Waals surface area contributed by atoms with E-state index in [1.807, 2.05) is 6.92 Å². The second-order valence-electron chi connectivity index (χ2n) is 3.25. The molecule has 4 nitrogen and oxygen atoms in total. The van der Waals surface area contributed by atoms with Gasteiger partial charge < -0.3 is 5.11 Å². The number of aryl methyl sites for hydroxylation is 2. The van der Waals surface area contributed by atoms with E-state index in [2.05, 4.69) is 5.10 Å². The van der Waals surface area contributed by atoms with Crippen LogP contribution in [0.15, 0.2) is 0 Å². The Morgan fingerprint density at radius 3 is 3.00 bits per heavy atom. The van der Waals surface area contributed by atoms with Crippen molar-refractivity contribution in [2.45, 2.75) is 32.7 Å². The lowest BCUT2D eigenvalue weighted by Gasteiger charge is -2.00. The minimum Gasteiger partial charge on any atom is -0.477 e. The van der Waals surface area contributed by atoms with Crippen LogP contribution in [0.25, 0.3) is 0 Å². The third-order valence-corrected chi connectivity index (χ3v) is 2.48. The van der Waals surface area contributed by atoms with Crippen molar-refractivity contribution in [3.8, 4) is 0 Å². The highest BCUT2D eigenvalue weighted by molar-refractivity contribution is 5.88. The monoisotopic (exact) mass is 180 g/mol. The minimum absolute atomic E-state index is 0.398. The summed E-state index contributed by atoms with van der Waals surface area (Å²) in [5.41, 5.74) is 2.34. The lowest BCUT2D eigenvalue weighted by molar-refractivity contribution is 0.0682. The van der Waals surface area contributed by atoms with Crippen LogP contribution >= 0.6 is 0 Å². The average Bonchev–Trinajstić information content (AvgIpc) is 2.59. The fourth-order valence-electron chi connectivity index (χ4n) is 1.91. The summed E-state index contributed by atoms with van der Waals surface area (Å²) in [6, 6.07) is 0. The molecule has 4 heteroatoms. The summed E-state index contributed by atoms with van der Waals surface area (Å²) in [5, 5.41) is 13.3. The van der Waals surface area contributed by atoms with Gasteiger partial charge in [0.25, 0.3) is 0 Å². The molecule has 1 N–H and O–H groups in total. The summed E-state index contributed by atoms with van der Waals surface area (Å²) in [6.45, 7) is 2.54. The van der Waals surface area contributed by atoms with Crippen molar-refractivity contribution in [1.82, 2.24) is 9.78 Å². The predicted octanol–water partition coefficient (Wildman–Crippen LogP) is 1.09. The predicted molar refractivity (Wildman–Crippen MR) is 46.9 cm³/mol. The quantitative estimate of drug-likeness (QED) is 0.741. The van der Waals surface area contributed by atoms with Gasteiger partial charge in [-0.3, -0.25) is 4.68 Å². The Labute approximate surface area is 76.2 Å². The Balaban J connectivity index is 2.55. The maximum Gasteiger partial charge on any atom is 0.354 e. The van der Waals surface area contributed by atoms with E-state index < -0.39 is 5.97 Å². The highest BCUT2D eigenvalue weighted by Crippen LogP contribution is 2.24. The van der Waals surface area contributed by atoms with Crippen molar-refractivity contribution >= 4 is 5.97 Å². The first kappa shape index (κ1) is 8.29. The molecule has 0 bridgehead atoms. The molecule has 70 valence electrons. The van der Waals surface area contributed by atoms with Crippen LogP contribution in [0, 0.1) is 0 Å². The molecule has 0 amide bonds. The second-order valence-corrected chi connectivity index (χ2v) is 3.25. The van der Waals surface area contributed by atoms with Crippen molar-refractivity contribution < 1.29 is 9.90 Å². The van der Waals surface area contributed by atoms with E-state index in [1.165, 1.54) is 0 Å². The highest BCUT2D eigenvalue weighted by Gasteiger charge is 2.25. The first-order chi connectivity index (χ1) is 6.24. The maximum absolute atomic E-state index is 10.9. The number of nitrogens with zero attached hydrogens (tertiary/aromatic N) is 2. The van der Waals surface area contributed by atoms with Crippen LogP contribution in [0.4, 0.5) is 0 Å². The lowest BCUT2D eigenvalue weighted by Crippen LogP contribution is -2.10. The third kappa shape index (κ3) is 1.13. The molecule has 1 aromatic rings. The number of rotatable bonds is 2. The van der Waals surface area contributed by atoms with Crippen LogP contribution in [-0.4, -0.2) is 20.9 Å². The Morgan fingerprint density at radius 1 is 1.62 bits per heavy atom. The smallest absolute Gasteiger partial charge is 0.354 e. The van der Waals surface area contributed by atoms with Gasteiger partial charge >= 0.3 is 5.97 Å². The standard InChI is InChI=1S/C9H12N2O2/c1-2-11-8(9(12)13)6-4-3-5-7(6)10-11/h2-5H2,1H3,(H,12,13). The Kier molecular flexibility index (Phi) is 1.83. The Hall–Kier alpha value is -1.32. The van der Waals surface area contributed by atoms with Crippen molar-refractivity contribution in [2.75, 3.05) is 0 Å². The van der Waals surface area contributed by atoms with Crippen molar-refractivity contribution in [3.05, 3.63) is 17.0 Å². The molecule has 1 aromatic heterocycles. The van der Waals surface area contributed by atoms with E-state index in [0.29, 0.717) is 12.2 Å². The molecule has 1 aliphatic carbocycles. The number of carboxylic acid groups (broad SMARTS) is 1. The molecule has 0 fully saturated rings. The summed E-state index contributed by atoms with van der Waals surface area (Å²) in [5.74, 6) is -0.850. The van der Waals surface area contributed by atoms with Gasteiger partial charge in [-0.05, 0) is 26.2 Å². The number of hydrogen-bond donors (Lipinski definition) is 1. The molecular formula is C9H12N2O2. The summed E-state index contributed by atoms with van der Waals surface area (Å²) < 4.78 is 1.59. The SMILES string of the molecule is CCn1nc2c(c1C(=O)O)CCC2. The van der Waals surface area contributed by atoms with E-state index in [0.717, 1.165) is 30.5 Å². The van der Waals surface area contributed by atoms with Gasteiger partial charge in [-0.25, -0.2) is 4.79 Å².